The predicted molar refractivity (Wildman–Crippen MR) is 142 cm³/mol. The molecule has 4 N–H and O–H groups in total. The van der Waals surface area contributed by atoms with Crippen molar-refractivity contribution < 1.29 is 31.9 Å². The lowest BCUT2D eigenvalue weighted by atomic mass is 9.80. The van der Waals surface area contributed by atoms with E-state index in [9.17, 15) is 31.9 Å². The predicted octanol–water partition coefficient (Wildman–Crippen LogP) is 5.56. The van der Waals surface area contributed by atoms with Gasteiger partial charge in [0.05, 0.1) is 11.1 Å². The third kappa shape index (κ3) is 5.29. The molecule has 40 heavy (non-hydrogen) atoms. The Bertz CT molecular complexity index is 1520. The highest BCUT2D eigenvalue weighted by Gasteiger charge is 2.40. The number of alkyl halides is 3. The number of carbonyl (C=O) groups is 3. The van der Waals surface area contributed by atoms with Gasteiger partial charge in [0, 0.05) is 40.8 Å². The average Bonchev–Trinajstić information content (AvgIpc) is 3.16. The molecule has 1 fully saturated rings. The standard InChI is InChI=1S/C29H30F4N4O3/c1-28(2)13-23-25(20-10-4-16(30)12-22(20)37(23)24(38)14-28)15-3-9-19(26(34)39)21(11-15)35-17-5-7-18(8-6-17)36-27(40)29(31,32)33/h3-4,9-12,17-18,35H,5-8,13-14H2,1-2H3,(H2,34,39)(H,36,40). The largest absolute Gasteiger partial charge is 0.471 e. The van der Waals surface area contributed by atoms with Gasteiger partial charge in [-0.2, -0.15) is 13.2 Å². The number of amides is 2. The van der Waals surface area contributed by atoms with E-state index in [-0.39, 0.29) is 22.9 Å². The van der Waals surface area contributed by atoms with Crippen molar-refractivity contribution in [1.29, 1.82) is 0 Å². The molecule has 2 aliphatic rings. The number of carbonyl (C=O) groups excluding carboxylic acids is 3. The molecular formula is C29H30F4N4O3. The minimum absolute atomic E-state index is 0.116. The van der Waals surface area contributed by atoms with Crippen molar-refractivity contribution in [3.63, 3.8) is 0 Å². The number of hydrogen-bond donors (Lipinski definition) is 3. The molecule has 1 saturated carbocycles. The van der Waals surface area contributed by atoms with E-state index < -0.39 is 29.8 Å². The molecule has 0 bridgehead atoms. The number of anilines is 1. The number of primary amides is 1. The fraction of sp³-hybridized carbons (Fsp3) is 0.414. The van der Waals surface area contributed by atoms with Crippen molar-refractivity contribution in [1.82, 2.24) is 9.88 Å². The second kappa shape index (κ2) is 9.94. The molecule has 0 saturated heterocycles. The number of fused-ring (bicyclic) bond motifs is 3. The van der Waals surface area contributed by atoms with Crippen molar-refractivity contribution in [3.05, 3.63) is 53.5 Å². The van der Waals surface area contributed by atoms with E-state index >= 15 is 0 Å². The molecule has 2 amide bonds. The monoisotopic (exact) mass is 558 g/mol. The lowest BCUT2D eigenvalue weighted by Crippen LogP contribution is -2.45. The van der Waals surface area contributed by atoms with Crippen LogP contribution in [0.3, 0.4) is 0 Å². The summed E-state index contributed by atoms with van der Waals surface area (Å²) in [4.78, 5) is 36.8. The van der Waals surface area contributed by atoms with Crippen molar-refractivity contribution >= 4 is 34.3 Å². The van der Waals surface area contributed by atoms with Gasteiger partial charge in [0.15, 0.2) is 0 Å². The van der Waals surface area contributed by atoms with E-state index in [1.807, 2.05) is 19.2 Å². The third-order valence-corrected chi connectivity index (χ3v) is 7.81. The first-order valence-electron chi connectivity index (χ1n) is 13.2. The summed E-state index contributed by atoms with van der Waals surface area (Å²) in [6, 6.07) is 8.73. The molecule has 0 spiro atoms. The zero-order valence-corrected chi connectivity index (χ0v) is 22.1. The minimum atomic E-state index is -4.93. The summed E-state index contributed by atoms with van der Waals surface area (Å²) >= 11 is 0. The van der Waals surface area contributed by atoms with Crippen molar-refractivity contribution in [2.75, 3.05) is 5.32 Å². The van der Waals surface area contributed by atoms with Gasteiger partial charge in [0.2, 0.25) is 5.91 Å². The Balaban J connectivity index is 1.48. The fourth-order valence-electron chi connectivity index (χ4n) is 6.00. The first-order chi connectivity index (χ1) is 18.7. The molecule has 3 aromatic rings. The van der Waals surface area contributed by atoms with E-state index in [1.165, 1.54) is 12.1 Å². The Kier molecular flexibility index (Phi) is 6.87. The van der Waals surface area contributed by atoms with Crippen LogP contribution in [0.4, 0.5) is 23.2 Å². The first kappa shape index (κ1) is 27.7. The van der Waals surface area contributed by atoms with Crippen LogP contribution < -0.4 is 16.4 Å². The normalized spacial score (nSPS) is 20.7. The molecule has 5 rings (SSSR count). The lowest BCUT2D eigenvalue weighted by Gasteiger charge is -2.31. The topological polar surface area (TPSA) is 106 Å². The highest BCUT2D eigenvalue weighted by Crippen LogP contribution is 2.43. The zero-order chi connectivity index (χ0) is 29.0. The van der Waals surface area contributed by atoms with Crippen LogP contribution in [0.1, 0.15) is 66.8 Å². The van der Waals surface area contributed by atoms with Crippen LogP contribution in [-0.4, -0.2) is 40.5 Å². The van der Waals surface area contributed by atoms with Gasteiger partial charge in [-0.05, 0) is 73.4 Å². The number of halogens is 4. The maximum Gasteiger partial charge on any atom is 0.471 e. The number of rotatable bonds is 5. The summed E-state index contributed by atoms with van der Waals surface area (Å²) < 4.78 is 53.7. The number of hydrogen-bond acceptors (Lipinski definition) is 4. The molecule has 7 nitrogen and oxygen atoms in total. The summed E-state index contributed by atoms with van der Waals surface area (Å²) in [5, 5.41) is 6.08. The summed E-state index contributed by atoms with van der Waals surface area (Å²) in [5.74, 6) is -3.17. The zero-order valence-electron chi connectivity index (χ0n) is 22.1. The summed E-state index contributed by atoms with van der Waals surface area (Å²) in [7, 11) is 0. The molecule has 0 radical (unpaired) electrons. The lowest BCUT2D eigenvalue weighted by molar-refractivity contribution is -0.174. The van der Waals surface area contributed by atoms with Crippen LogP contribution in [0.25, 0.3) is 22.0 Å². The van der Waals surface area contributed by atoms with Crippen LogP contribution in [0.5, 0.6) is 0 Å². The Morgan fingerprint density at radius 2 is 1.68 bits per heavy atom. The number of nitrogens with one attached hydrogen (secondary N) is 2. The molecule has 2 aromatic carbocycles. The molecule has 2 heterocycles. The van der Waals surface area contributed by atoms with Gasteiger partial charge in [-0.15, -0.1) is 0 Å². The SMILES string of the molecule is CC1(C)CC(=O)n2c(c(-c3ccc(C(N)=O)c(NC4CCC(NC(=O)C(F)(F)F)CC4)c3)c3ccc(F)cc32)C1. The number of aromatic nitrogens is 1. The Hall–Kier alpha value is -3.89. The van der Waals surface area contributed by atoms with Crippen LogP contribution in [0.2, 0.25) is 0 Å². The molecule has 1 aliphatic carbocycles. The van der Waals surface area contributed by atoms with E-state index in [0.717, 1.165) is 16.8 Å². The maximum atomic E-state index is 14.3. The van der Waals surface area contributed by atoms with Gasteiger partial charge >= 0.3 is 12.1 Å². The number of nitrogens with two attached hydrogens (primary N) is 1. The van der Waals surface area contributed by atoms with Crippen molar-refractivity contribution in [3.8, 4) is 11.1 Å². The van der Waals surface area contributed by atoms with Gasteiger partial charge in [0.1, 0.15) is 5.82 Å². The van der Waals surface area contributed by atoms with Gasteiger partial charge in [-0.25, -0.2) is 4.39 Å². The Morgan fingerprint density at radius 1 is 1.00 bits per heavy atom. The van der Waals surface area contributed by atoms with Crippen LogP contribution >= 0.6 is 0 Å². The van der Waals surface area contributed by atoms with Crippen molar-refractivity contribution in [2.24, 2.45) is 11.1 Å². The molecule has 212 valence electrons. The quantitative estimate of drug-likeness (QED) is 0.357. The Labute approximate surface area is 228 Å². The first-order valence-corrected chi connectivity index (χ1v) is 13.2. The smallest absolute Gasteiger partial charge is 0.382 e. The number of benzene rings is 2. The molecule has 1 aromatic heterocycles. The van der Waals surface area contributed by atoms with E-state index in [4.69, 9.17) is 5.73 Å². The van der Waals surface area contributed by atoms with E-state index in [2.05, 4.69) is 5.32 Å². The highest BCUT2D eigenvalue weighted by atomic mass is 19.4. The number of nitrogens with zero attached hydrogens (tertiary/aromatic N) is 1. The summed E-state index contributed by atoms with van der Waals surface area (Å²) in [6.07, 6.45) is -2.41. The van der Waals surface area contributed by atoms with Crippen LogP contribution in [0.15, 0.2) is 36.4 Å². The second-order valence-electron chi connectivity index (χ2n) is 11.5. The van der Waals surface area contributed by atoms with Crippen LogP contribution in [-0.2, 0) is 11.2 Å². The van der Waals surface area contributed by atoms with Gasteiger partial charge in [-0.1, -0.05) is 19.9 Å². The highest BCUT2D eigenvalue weighted by molar-refractivity contribution is 6.06. The summed E-state index contributed by atoms with van der Waals surface area (Å²) in [5.41, 5.74) is 8.80. The van der Waals surface area contributed by atoms with Crippen LogP contribution in [0, 0.1) is 11.2 Å². The van der Waals surface area contributed by atoms with E-state index in [0.29, 0.717) is 55.1 Å². The Morgan fingerprint density at radius 3 is 2.33 bits per heavy atom. The van der Waals surface area contributed by atoms with Gasteiger partial charge in [0.25, 0.3) is 5.91 Å². The van der Waals surface area contributed by atoms with E-state index in [1.54, 1.807) is 28.8 Å². The molecule has 0 atom stereocenters. The van der Waals surface area contributed by atoms with Gasteiger partial charge in [-0.3, -0.25) is 19.0 Å². The molecular weight excluding hydrogens is 528 g/mol. The average molecular weight is 559 g/mol. The second-order valence-corrected chi connectivity index (χ2v) is 11.5. The molecule has 11 heteroatoms. The minimum Gasteiger partial charge on any atom is -0.382 e. The summed E-state index contributed by atoms with van der Waals surface area (Å²) in [6.45, 7) is 4.01. The maximum absolute atomic E-state index is 14.3. The molecule has 0 unspecified atom stereocenters. The molecule has 1 aliphatic heterocycles. The fourth-order valence-corrected chi connectivity index (χ4v) is 6.00. The van der Waals surface area contributed by atoms with Crippen molar-refractivity contribution in [2.45, 2.75) is 70.6 Å². The third-order valence-electron chi connectivity index (χ3n) is 7.81. The van der Waals surface area contributed by atoms with Gasteiger partial charge < -0.3 is 16.4 Å².